The molecule has 0 radical (unpaired) electrons. The average Bonchev–Trinajstić information content (AvgIpc) is 3.46. The van der Waals surface area contributed by atoms with Gasteiger partial charge in [0.2, 0.25) is 0 Å². The molecule has 0 saturated heterocycles. The molecule has 3 aromatic rings. The Labute approximate surface area is 163 Å². The maximum atomic E-state index is 12.4. The Bertz CT molecular complexity index is 971. The van der Waals surface area contributed by atoms with Gasteiger partial charge in [0.15, 0.2) is 5.69 Å². The maximum Gasteiger partial charge on any atom is 0.359 e. The number of aromatic nitrogens is 2. The molecule has 27 heavy (non-hydrogen) atoms. The minimum atomic E-state index is -0.404. The second-order valence-electron chi connectivity index (χ2n) is 6.83. The minimum Gasteiger partial charge on any atom is -0.461 e. The molecule has 0 N–H and O–H groups in total. The van der Waals surface area contributed by atoms with E-state index in [2.05, 4.69) is 29.4 Å². The number of carbonyl (C=O) groups is 1. The van der Waals surface area contributed by atoms with Crippen LogP contribution >= 0.6 is 11.6 Å². The van der Waals surface area contributed by atoms with Crippen molar-refractivity contribution in [1.29, 1.82) is 0 Å². The Morgan fingerprint density at radius 3 is 2.41 bits per heavy atom. The van der Waals surface area contributed by atoms with E-state index >= 15 is 0 Å². The molecule has 1 aromatic heterocycles. The highest BCUT2D eigenvalue weighted by Crippen LogP contribution is 2.41. The molecule has 4 rings (SSSR count). The van der Waals surface area contributed by atoms with Crippen LogP contribution in [0.1, 0.15) is 47.3 Å². The number of hydrogen-bond acceptors (Lipinski definition) is 3. The van der Waals surface area contributed by atoms with E-state index in [1.807, 2.05) is 31.2 Å². The number of nitrogens with zero attached hydrogens (tertiary/aromatic N) is 2. The zero-order valence-corrected chi connectivity index (χ0v) is 16.2. The fourth-order valence-electron chi connectivity index (χ4n) is 3.33. The van der Waals surface area contributed by atoms with Gasteiger partial charge in [-0.2, -0.15) is 5.10 Å². The molecule has 138 valence electrons. The van der Waals surface area contributed by atoms with Crippen LogP contribution in [-0.2, 0) is 4.74 Å². The Kier molecular flexibility index (Phi) is 4.75. The predicted octanol–water partition coefficient (Wildman–Crippen LogP) is 5.56. The van der Waals surface area contributed by atoms with Crippen molar-refractivity contribution < 1.29 is 9.53 Å². The van der Waals surface area contributed by atoms with E-state index < -0.39 is 5.97 Å². The third-order valence-corrected chi connectivity index (χ3v) is 5.15. The van der Waals surface area contributed by atoms with E-state index in [4.69, 9.17) is 16.3 Å². The highest BCUT2D eigenvalue weighted by molar-refractivity contribution is 6.30. The molecule has 5 heteroatoms. The first-order chi connectivity index (χ1) is 13.1. The van der Waals surface area contributed by atoms with Crippen molar-refractivity contribution in [2.24, 2.45) is 0 Å². The number of esters is 1. The number of rotatable bonds is 5. The summed E-state index contributed by atoms with van der Waals surface area (Å²) in [5.74, 6) is 0.301. The fourth-order valence-corrected chi connectivity index (χ4v) is 3.45. The summed E-state index contributed by atoms with van der Waals surface area (Å²) in [6.07, 6.45) is 2.54. The Morgan fingerprint density at radius 1 is 1.15 bits per heavy atom. The Hall–Kier alpha value is -2.59. The molecular weight excluding hydrogens is 360 g/mol. The molecule has 0 bridgehead atoms. The summed E-state index contributed by atoms with van der Waals surface area (Å²) in [6, 6.07) is 16.0. The number of hydrogen-bond donors (Lipinski definition) is 0. The third kappa shape index (κ3) is 3.50. The highest BCUT2D eigenvalue weighted by atomic mass is 35.5. The first-order valence-electron chi connectivity index (χ1n) is 9.21. The van der Waals surface area contributed by atoms with Crippen molar-refractivity contribution in [1.82, 2.24) is 9.78 Å². The van der Waals surface area contributed by atoms with Crippen molar-refractivity contribution in [3.63, 3.8) is 0 Å². The summed E-state index contributed by atoms with van der Waals surface area (Å²) in [7, 11) is 0. The second-order valence-corrected chi connectivity index (χ2v) is 7.26. The molecule has 1 fully saturated rings. The highest BCUT2D eigenvalue weighted by Gasteiger charge is 2.25. The molecule has 1 saturated carbocycles. The van der Waals surface area contributed by atoms with Crippen LogP contribution in [0.3, 0.4) is 0 Å². The second kappa shape index (κ2) is 7.20. The van der Waals surface area contributed by atoms with Gasteiger partial charge in [-0.1, -0.05) is 35.9 Å². The van der Waals surface area contributed by atoms with Crippen LogP contribution in [0.2, 0.25) is 5.02 Å². The lowest BCUT2D eigenvalue weighted by molar-refractivity contribution is 0.0518. The molecule has 1 aliphatic rings. The predicted molar refractivity (Wildman–Crippen MR) is 107 cm³/mol. The van der Waals surface area contributed by atoms with Gasteiger partial charge in [-0.3, -0.25) is 0 Å². The zero-order valence-electron chi connectivity index (χ0n) is 15.4. The van der Waals surface area contributed by atoms with Crippen molar-refractivity contribution >= 4 is 17.6 Å². The van der Waals surface area contributed by atoms with Crippen LogP contribution in [0.15, 0.2) is 48.5 Å². The molecule has 1 heterocycles. The molecular formula is C22H21ClN2O2. The summed E-state index contributed by atoms with van der Waals surface area (Å²) in [6.45, 7) is 4.02. The summed E-state index contributed by atoms with van der Waals surface area (Å²) in [5, 5.41) is 5.23. The van der Waals surface area contributed by atoms with Crippen LogP contribution in [0.4, 0.5) is 0 Å². The minimum absolute atomic E-state index is 0.317. The fraction of sp³-hybridized carbons (Fsp3) is 0.273. The lowest BCUT2D eigenvalue weighted by Gasteiger charge is -2.10. The number of halogens is 1. The van der Waals surface area contributed by atoms with Crippen LogP contribution in [0, 0.1) is 6.92 Å². The van der Waals surface area contributed by atoms with Crippen LogP contribution in [0.5, 0.6) is 0 Å². The van der Waals surface area contributed by atoms with E-state index in [1.165, 1.54) is 18.4 Å². The topological polar surface area (TPSA) is 44.1 Å². The van der Waals surface area contributed by atoms with Crippen LogP contribution in [0.25, 0.3) is 16.9 Å². The molecule has 1 aliphatic carbocycles. The quantitative estimate of drug-likeness (QED) is 0.544. The number of benzene rings is 2. The van der Waals surface area contributed by atoms with Crippen LogP contribution < -0.4 is 0 Å². The van der Waals surface area contributed by atoms with Gasteiger partial charge in [0.1, 0.15) is 0 Å². The monoisotopic (exact) mass is 380 g/mol. The van der Waals surface area contributed by atoms with Gasteiger partial charge in [0, 0.05) is 16.1 Å². The smallest absolute Gasteiger partial charge is 0.359 e. The number of ether oxygens (including phenoxy) is 1. The van der Waals surface area contributed by atoms with Crippen molar-refractivity contribution in [2.45, 2.75) is 32.6 Å². The zero-order chi connectivity index (χ0) is 19.0. The normalized spacial score (nSPS) is 13.6. The van der Waals surface area contributed by atoms with Gasteiger partial charge >= 0.3 is 5.97 Å². The van der Waals surface area contributed by atoms with Crippen LogP contribution in [-0.4, -0.2) is 22.4 Å². The molecule has 0 amide bonds. The summed E-state index contributed by atoms with van der Waals surface area (Å²) in [5.41, 5.74) is 5.28. The van der Waals surface area contributed by atoms with Crippen molar-refractivity contribution in [3.05, 3.63) is 70.4 Å². The van der Waals surface area contributed by atoms with Gasteiger partial charge in [-0.25, -0.2) is 9.48 Å². The van der Waals surface area contributed by atoms with E-state index in [0.29, 0.717) is 23.2 Å². The average molecular weight is 381 g/mol. The SMILES string of the molecule is CCOC(=O)c1nn(-c2ccc(Cl)cc2)c(-c2ccc(C3CC3)cc2)c1C. The summed E-state index contributed by atoms with van der Waals surface area (Å²) >= 11 is 6.03. The van der Waals surface area contributed by atoms with E-state index in [-0.39, 0.29) is 0 Å². The van der Waals surface area contributed by atoms with Gasteiger partial charge in [0.05, 0.1) is 18.0 Å². The summed E-state index contributed by atoms with van der Waals surface area (Å²) < 4.78 is 6.99. The standard InChI is InChI=1S/C22H21ClN2O2/c1-3-27-22(26)20-14(2)21(17-8-6-16(7-9-17)15-4-5-15)25(24-20)19-12-10-18(23)11-13-19/h6-13,15H,3-5H2,1-2H3. The first-order valence-corrected chi connectivity index (χ1v) is 9.59. The van der Waals surface area contributed by atoms with E-state index in [1.54, 1.807) is 11.6 Å². The van der Waals surface area contributed by atoms with Gasteiger partial charge < -0.3 is 4.74 Å². The molecule has 0 atom stereocenters. The van der Waals surface area contributed by atoms with E-state index in [9.17, 15) is 4.79 Å². The van der Waals surface area contributed by atoms with Gasteiger partial charge in [-0.05, 0) is 62.4 Å². The molecule has 2 aromatic carbocycles. The molecule has 4 nitrogen and oxygen atoms in total. The lowest BCUT2D eigenvalue weighted by Crippen LogP contribution is -2.07. The lowest BCUT2D eigenvalue weighted by atomic mass is 10.0. The van der Waals surface area contributed by atoms with Gasteiger partial charge in [-0.15, -0.1) is 0 Å². The maximum absolute atomic E-state index is 12.4. The van der Waals surface area contributed by atoms with E-state index in [0.717, 1.165) is 22.5 Å². The third-order valence-electron chi connectivity index (χ3n) is 4.90. The molecule has 0 unspecified atom stereocenters. The largest absolute Gasteiger partial charge is 0.461 e. The Balaban J connectivity index is 1.84. The molecule has 0 aliphatic heterocycles. The summed E-state index contributed by atoms with van der Waals surface area (Å²) in [4.78, 5) is 12.4. The number of carbonyl (C=O) groups excluding carboxylic acids is 1. The Morgan fingerprint density at radius 2 is 1.81 bits per heavy atom. The van der Waals surface area contributed by atoms with Crippen molar-refractivity contribution in [2.75, 3.05) is 6.61 Å². The first kappa shape index (κ1) is 17.8. The van der Waals surface area contributed by atoms with Gasteiger partial charge in [0.25, 0.3) is 0 Å². The molecule has 0 spiro atoms. The van der Waals surface area contributed by atoms with Crippen molar-refractivity contribution in [3.8, 4) is 16.9 Å².